The van der Waals surface area contributed by atoms with Crippen LogP contribution in [0.3, 0.4) is 0 Å². The number of ether oxygens (including phenoxy) is 2. The highest BCUT2D eigenvalue weighted by Gasteiger charge is 2.37. The summed E-state index contributed by atoms with van der Waals surface area (Å²) < 4.78 is 38.5. The van der Waals surface area contributed by atoms with E-state index in [1.54, 1.807) is 0 Å². The van der Waals surface area contributed by atoms with Crippen molar-refractivity contribution in [3.05, 3.63) is 11.9 Å². The molecule has 0 aromatic heterocycles. The zero-order valence-corrected chi connectivity index (χ0v) is 18.9. The molecule has 4 heteroatoms. The van der Waals surface area contributed by atoms with Crippen molar-refractivity contribution in [3.63, 3.8) is 0 Å². The van der Waals surface area contributed by atoms with E-state index in [0.29, 0.717) is 11.8 Å². The zero-order valence-electron chi connectivity index (χ0n) is 18.9. The lowest BCUT2D eigenvalue weighted by Crippen LogP contribution is -2.41. The van der Waals surface area contributed by atoms with Gasteiger partial charge in [0.05, 0.1) is 13.2 Å². The van der Waals surface area contributed by atoms with E-state index < -0.39 is 6.67 Å². The minimum Gasteiger partial charge on any atom is -0.352 e. The molecule has 0 bridgehead atoms. The van der Waals surface area contributed by atoms with Gasteiger partial charge in [-0.3, -0.25) is 0 Å². The zero-order chi connectivity index (χ0) is 20.9. The summed E-state index contributed by atoms with van der Waals surface area (Å²) in [7, 11) is 0. The SMILES string of the molecule is CC1CCC(C2CCC(C3COC(C4CCC(/C(F)=C/CF)CC4)OC3)CC2)CC1. The van der Waals surface area contributed by atoms with Gasteiger partial charge in [0.15, 0.2) is 6.29 Å². The lowest BCUT2D eigenvalue weighted by molar-refractivity contribution is -0.237. The Hall–Kier alpha value is -0.480. The molecule has 1 aliphatic heterocycles. The molecular weight excluding hydrogens is 382 g/mol. The van der Waals surface area contributed by atoms with Crippen molar-refractivity contribution >= 4 is 0 Å². The van der Waals surface area contributed by atoms with Crippen LogP contribution in [0.25, 0.3) is 0 Å². The second kappa shape index (κ2) is 10.9. The van der Waals surface area contributed by atoms with Crippen LogP contribution in [-0.2, 0) is 9.47 Å². The number of alkyl halides is 1. The lowest BCUT2D eigenvalue weighted by Gasteiger charge is -2.42. The first-order valence-electron chi connectivity index (χ1n) is 12.8. The smallest absolute Gasteiger partial charge is 0.160 e. The van der Waals surface area contributed by atoms with Crippen LogP contribution in [-0.4, -0.2) is 26.2 Å². The maximum atomic E-state index is 13.8. The molecule has 0 spiro atoms. The summed E-state index contributed by atoms with van der Waals surface area (Å²) in [6.07, 6.45) is 15.7. The third-order valence-electron chi connectivity index (χ3n) is 8.98. The fraction of sp³-hybridized carbons (Fsp3) is 0.923. The molecule has 0 unspecified atom stereocenters. The summed E-state index contributed by atoms with van der Waals surface area (Å²) in [6, 6.07) is 0. The quantitative estimate of drug-likeness (QED) is 0.463. The maximum absolute atomic E-state index is 13.8. The Morgan fingerprint density at radius 1 is 0.700 bits per heavy atom. The molecule has 1 saturated heterocycles. The predicted octanol–water partition coefficient (Wildman–Crippen LogP) is 7.24. The summed E-state index contributed by atoms with van der Waals surface area (Å²) in [5.41, 5.74) is 0. The fourth-order valence-corrected chi connectivity index (χ4v) is 6.83. The van der Waals surface area contributed by atoms with Crippen LogP contribution in [0.1, 0.15) is 84.0 Å². The molecule has 172 valence electrons. The summed E-state index contributed by atoms with van der Waals surface area (Å²) >= 11 is 0. The number of hydrogen-bond acceptors (Lipinski definition) is 2. The molecule has 0 amide bonds. The van der Waals surface area contributed by atoms with Crippen molar-refractivity contribution in [1.29, 1.82) is 0 Å². The van der Waals surface area contributed by atoms with E-state index in [-0.39, 0.29) is 18.0 Å². The van der Waals surface area contributed by atoms with Crippen LogP contribution in [0.2, 0.25) is 0 Å². The Balaban J connectivity index is 1.16. The largest absolute Gasteiger partial charge is 0.352 e. The molecule has 0 N–H and O–H groups in total. The van der Waals surface area contributed by atoms with Crippen molar-refractivity contribution < 1.29 is 18.3 Å². The number of hydrogen-bond donors (Lipinski definition) is 0. The van der Waals surface area contributed by atoms with Crippen molar-refractivity contribution in [2.24, 2.45) is 41.4 Å². The molecular formula is C26H42F2O2. The molecule has 30 heavy (non-hydrogen) atoms. The standard InChI is InChI=1S/C26H42F2O2/c1-18-2-4-19(5-3-18)20-6-8-21(9-7-20)24-16-29-26(30-17-24)23-12-10-22(11-13-23)25(28)14-15-27/h14,18-24,26H,2-13,15-17H2,1H3/b25-14-. The molecule has 0 aromatic rings. The molecule has 4 rings (SSSR count). The van der Waals surface area contributed by atoms with Gasteiger partial charge in [0.2, 0.25) is 0 Å². The number of halogens is 2. The van der Waals surface area contributed by atoms with Crippen LogP contribution in [0, 0.1) is 41.4 Å². The summed E-state index contributed by atoms with van der Waals surface area (Å²) in [4.78, 5) is 0. The monoisotopic (exact) mass is 424 g/mol. The second-order valence-corrected chi connectivity index (χ2v) is 10.8. The van der Waals surface area contributed by atoms with E-state index in [0.717, 1.165) is 68.6 Å². The van der Waals surface area contributed by atoms with Crippen LogP contribution in [0.15, 0.2) is 11.9 Å². The van der Waals surface area contributed by atoms with Gasteiger partial charge in [0.1, 0.15) is 12.5 Å². The molecule has 0 aromatic carbocycles. The molecule has 3 saturated carbocycles. The van der Waals surface area contributed by atoms with E-state index in [1.165, 1.54) is 51.4 Å². The molecule has 1 heterocycles. The van der Waals surface area contributed by atoms with Gasteiger partial charge in [-0.1, -0.05) is 19.8 Å². The van der Waals surface area contributed by atoms with Gasteiger partial charge in [-0.2, -0.15) is 0 Å². The topological polar surface area (TPSA) is 18.5 Å². The van der Waals surface area contributed by atoms with Gasteiger partial charge in [-0.15, -0.1) is 0 Å². The minimum atomic E-state index is -0.705. The van der Waals surface area contributed by atoms with Crippen LogP contribution in [0.5, 0.6) is 0 Å². The van der Waals surface area contributed by atoms with E-state index in [2.05, 4.69) is 6.92 Å². The first kappa shape index (κ1) is 22.7. The highest BCUT2D eigenvalue weighted by molar-refractivity contribution is 4.99. The Morgan fingerprint density at radius 3 is 1.70 bits per heavy atom. The summed E-state index contributed by atoms with van der Waals surface area (Å²) in [5.74, 6) is 4.22. The van der Waals surface area contributed by atoms with E-state index >= 15 is 0 Å². The van der Waals surface area contributed by atoms with Crippen molar-refractivity contribution in [3.8, 4) is 0 Å². The van der Waals surface area contributed by atoms with Crippen LogP contribution < -0.4 is 0 Å². The highest BCUT2D eigenvalue weighted by Crippen LogP contribution is 2.44. The Labute approximate surface area is 182 Å². The Morgan fingerprint density at radius 2 is 1.17 bits per heavy atom. The molecule has 0 radical (unpaired) electrons. The Kier molecular flexibility index (Phi) is 8.25. The highest BCUT2D eigenvalue weighted by atomic mass is 19.1. The van der Waals surface area contributed by atoms with Crippen LogP contribution >= 0.6 is 0 Å². The van der Waals surface area contributed by atoms with Crippen LogP contribution in [0.4, 0.5) is 8.78 Å². The summed E-state index contributed by atoms with van der Waals surface area (Å²) in [6.45, 7) is 3.37. The van der Waals surface area contributed by atoms with E-state index in [1.807, 2.05) is 0 Å². The molecule has 0 atom stereocenters. The molecule has 2 nitrogen and oxygen atoms in total. The normalized spacial score (nSPS) is 44.0. The third kappa shape index (κ3) is 5.65. The van der Waals surface area contributed by atoms with Gasteiger partial charge in [-0.25, -0.2) is 8.78 Å². The third-order valence-corrected chi connectivity index (χ3v) is 8.98. The number of allylic oxidation sites excluding steroid dienone is 2. The van der Waals surface area contributed by atoms with Crippen molar-refractivity contribution in [2.45, 2.75) is 90.3 Å². The van der Waals surface area contributed by atoms with Gasteiger partial charge in [-0.05, 0) is 94.0 Å². The average molecular weight is 425 g/mol. The predicted molar refractivity (Wildman–Crippen MR) is 116 cm³/mol. The maximum Gasteiger partial charge on any atom is 0.160 e. The van der Waals surface area contributed by atoms with Gasteiger partial charge >= 0.3 is 0 Å². The van der Waals surface area contributed by atoms with Gasteiger partial charge in [0.25, 0.3) is 0 Å². The van der Waals surface area contributed by atoms with Crippen molar-refractivity contribution in [1.82, 2.24) is 0 Å². The summed E-state index contributed by atoms with van der Waals surface area (Å²) in [5, 5.41) is 0. The molecule has 3 aliphatic carbocycles. The lowest BCUT2D eigenvalue weighted by atomic mass is 9.67. The molecule has 4 fully saturated rings. The average Bonchev–Trinajstić information content (AvgIpc) is 2.80. The Bertz CT molecular complexity index is 533. The first-order valence-corrected chi connectivity index (χ1v) is 12.8. The van der Waals surface area contributed by atoms with Gasteiger partial charge in [0, 0.05) is 17.8 Å². The number of rotatable bonds is 5. The van der Waals surface area contributed by atoms with E-state index in [4.69, 9.17) is 9.47 Å². The van der Waals surface area contributed by atoms with Crippen molar-refractivity contribution in [2.75, 3.05) is 19.9 Å². The second-order valence-electron chi connectivity index (χ2n) is 10.8. The van der Waals surface area contributed by atoms with Gasteiger partial charge < -0.3 is 9.47 Å². The minimum absolute atomic E-state index is 0.101. The van der Waals surface area contributed by atoms with E-state index in [9.17, 15) is 8.78 Å². The molecule has 4 aliphatic rings. The fourth-order valence-electron chi connectivity index (χ4n) is 6.83. The first-order chi connectivity index (χ1) is 14.6.